The van der Waals surface area contributed by atoms with Crippen molar-refractivity contribution in [3.8, 4) is 5.69 Å². The molecule has 0 radical (unpaired) electrons. The first kappa shape index (κ1) is 17.7. The minimum absolute atomic E-state index is 0.0755. The third-order valence-corrected chi connectivity index (χ3v) is 5.68. The summed E-state index contributed by atoms with van der Waals surface area (Å²) < 4.78 is 3.73. The van der Waals surface area contributed by atoms with Gasteiger partial charge in [0, 0.05) is 25.5 Å². The van der Waals surface area contributed by atoms with E-state index >= 15 is 0 Å². The Morgan fingerprint density at radius 1 is 1.07 bits per heavy atom. The van der Waals surface area contributed by atoms with Crippen LogP contribution in [0, 0.1) is 6.92 Å². The van der Waals surface area contributed by atoms with Gasteiger partial charge in [0.05, 0.1) is 23.0 Å². The van der Waals surface area contributed by atoms with Crippen molar-refractivity contribution < 1.29 is 0 Å². The minimum Gasteiger partial charge on any atom is -0.290 e. The fourth-order valence-corrected chi connectivity index (χ4v) is 4.10. The van der Waals surface area contributed by atoms with Crippen LogP contribution in [-0.2, 0) is 13.6 Å². The molecule has 0 amide bonds. The molecular formula is C22H26N4O. The van der Waals surface area contributed by atoms with E-state index in [0.29, 0.717) is 6.54 Å². The maximum absolute atomic E-state index is 13.2. The average molecular weight is 362 g/mol. The van der Waals surface area contributed by atoms with Crippen LogP contribution in [0.4, 0.5) is 0 Å². The number of pyridine rings is 1. The molecule has 0 spiro atoms. The molecule has 1 aliphatic rings. The van der Waals surface area contributed by atoms with Gasteiger partial charge in [-0.25, -0.2) is 4.68 Å². The maximum Gasteiger partial charge on any atom is 0.276 e. The molecule has 0 bridgehead atoms. The van der Waals surface area contributed by atoms with Gasteiger partial charge in [-0.2, -0.15) is 0 Å². The van der Waals surface area contributed by atoms with Crippen LogP contribution in [0.15, 0.2) is 59.5 Å². The molecule has 1 fully saturated rings. The summed E-state index contributed by atoms with van der Waals surface area (Å²) in [5.74, 6) is 0. The van der Waals surface area contributed by atoms with E-state index in [-0.39, 0.29) is 11.6 Å². The molecule has 0 saturated carbocycles. The number of hydrogen-bond acceptors (Lipinski definition) is 3. The van der Waals surface area contributed by atoms with E-state index < -0.39 is 0 Å². The Kier molecular flexibility index (Phi) is 4.94. The SMILES string of the molecule is Cc1c(CN2CCCC[C@H]2c2ccccn2)c(=O)n(-c2ccccc2)n1C. The summed E-state index contributed by atoms with van der Waals surface area (Å²) in [6.45, 7) is 3.70. The van der Waals surface area contributed by atoms with E-state index in [1.807, 2.05) is 67.3 Å². The van der Waals surface area contributed by atoms with Crippen molar-refractivity contribution in [1.82, 2.24) is 19.2 Å². The number of rotatable bonds is 4. The molecule has 1 aliphatic heterocycles. The zero-order valence-corrected chi connectivity index (χ0v) is 16.0. The van der Waals surface area contributed by atoms with Gasteiger partial charge in [0.1, 0.15) is 0 Å². The van der Waals surface area contributed by atoms with Crippen molar-refractivity contribution in [3.63, 3.8) is 0 Å². The lowest BCUT2D eigenvalue weighted by atomic mass is 9.98. The molecule has 5 nitrogen and oxygen atoms in total. The smallest absolute Gasteiger partial charge is 0.276 e. The average Bonchev–Trinajstić information content (AvgIpc) is 2.93. The van der Waals surface area contributed by atoms with Crippen LogP contribution in [0.25, 0.3) is 5.69 Å². The number of likely N-dealkylation sites (tertiary alicyclic amines) is 1. The van der Waals surface area contributed by atoms with Gasteiger partial charge >= 0.3 is 0 Å². The molecule has 0 unspecified atom stereocenters. The summed E-state index contributed by atoms with van der Waals surface area (Å²) in [4.78, 5) is 20.2. The van der Waals surface area contributed by atoms with Gasteiger partial charge in [-0.05, 0) is 50.6 Å². The zero-order valence-electron chi connectivity index (χ0n) is 16.0. The lowest BCUT2D eigenvalue weighted by Crippen LogP contribution is -2.35. The normalized spacial score (nSPS) is 17.9. The summed E-state index contributed by atoms with van der Waals surface area (Å²) >= 11 is 0. The fourth-order valence-electron chi connectivity index (χ4n) is 4.10. The van der Waals surface area contributed by atoms with Crippen LogP contribution in [0.2, 0.25) is 0 Å². The fraction of sp³-hybridized carbons (Fsp3) is 0.364. The van der Waals surface area contributed by atoms with Crippen LogP contribution in [0.3, 0.4) is 0 Å². The molecule has 3 heterocycles. The first-order valence-corrected chi connectivity index (χ1v) is 9.64. The quantitative estimate of drug-likeness (QED) is 0.712. The van der Waals surface area contributed by atoms with E-state index in [9.17, 15) is 4.79 Å². The number of hydrogen-bond donors (Lipinski definition) is 0. The molecule has 1 saturated heterocycles. The lowest BCUT2D eigenvalue weighted by Gasteiger charge is -2.35. The predicted molar refractivity (Wildman–Crippen MR) is 107 cm³/mol. The van der Waals surface area contributed by atoms with Crippen molar-refractivity contribution in [1.29, 1.82) is 0 Å². The first-order chi connectivity index (χ1) is 13.2. The van der Waals surface area contributed by atoms with Crippen molar-refractivity contribution in [2.24, 2.45) is 7.05 Å². The summed E-state index contributed by atoms with van der Waals surface area (Å²) in [7, 11) is 1.96. The monoisotopic (exact) mass is 362 g/mol. The summed E-state index contributed by atoms with van der Waals surface area (Å²) in [6.07, 6.45) is 5.33. The van der Waals surface area contributed by atoms with Gasteiger partial charge in [0.15, 0.2) is 0 Å². The van der Waals surface area contributed by atoms with Crippen LogP contribution >= 0.6 is 0 Å². The lowest BCUT2D eigenvalue weighted by molar-refractivity contribution is 0.136. The highest BCUT2D eigenvalue weighted by Gasteiger charge is 2.27. The van der Waals surface area contributed by atoms with E-state index in [1.165, 1.54) is 12.8 Å². The minimum atomic E-state index is 0.0755. The van der Waals surface area contributed by atoms with Gasteiger partial charge < -0.3 is 0 Å². The largest absolute Gasteiger partial charge is 0.290 e. The Hall–Kier alpha value is -2.66. The van der Waals surface area contributed by atoms with E-state index in [2.05, 4.69) is 16.0 Å². The molecule has 3 aromatic rings. The topological polar surface area (TPSA) is 43.1 Å². The van der Waals surface area contributed by atoms with Crippen LogP contribution < -0.4 is 5.56 Å². The van der Waals surface area contributed by atoms with Gasteiger partial charge in [-0.15, -0.1) is 0 Å². The standard InChI is InChI=1S/C22H26N4O/c1-17-19(22(27)26(24(17)2)18-10-4-3-5-11-18)16-25-15-9-7-13-21(25)20-12-6-8-14-23-20/h3-6,8,10-12,14,21H,7,9,13,15-16H2,1-2H3/t21-/m0/s1. The molecule has 2 aromatic heterocycles. The van der Waals surface area contributed by atoms with E-state index in [0.717, 1.165) is 35.6 Å². The van der Waals surface area contributed by atoms with E-state index in [1.54, 1.807) is 4.68 Å². The van der Waals surface area contributed by atoms with Crippen LogP contribution in [0.5, 0.6) is 0 Å². The van der Waals surface area contributed by atoms with Crippen molar-refractivity contribution in [2.45, 2.75) is 38.8 Å². The van der Waals surface area contributed by atoms with Gasteiger partial charge in [0.25, 0.3) is 5.56 Å². The number of piperidine rings is 1. The molecule has 5 heteroatoms. The second kappa shape index (κ2) is 7.53. The van der Waals surface area contributed by atoms with Crippen LogP contribution in [-0.4, -0.2) is 25.8 Å². The molecule has 0 aliphatic carbocycles. The third kappa shape index (κ3) is 3.35. The Morgan fingerprint density at radius 2 is 1.85 bits per heavy atom. The highest BCUT2D eigenvalue weighted by Crippen LogP contribution is 2.31. The second-order valence-corrected chi connectivity index (χ2v) is 7.28. The molecule has 1 aromatic carbocycles. The van der Waals surface area contributed by atoms with E-state index in [4.69, 9.17) is 0 Å². The number of benzene rings is 1. The van der Waals surface area contributed by atoms with Gasteiger partial charge in [-0.3, -0.25) is 19.4 Å². The first-order valence-electron chi connectivity index (χ1n) is 9.64. The van der Waals surface area contributed by atoms with Gasteiger partial charge in [-0.1, -0.05) is 30.7 Å². The second-order valence-electron chi connectivity index (χ2n) is 7.28. The molecule has 0 N–H and O–H groups in total. The number of para-hydroxylation sites is 1. The van der Waals surface area contributed by atoms with Crippen molar-refractivity contribution in [2.75, 3.05) is 6.54 Å². The highest BCUT2D eigenvalue weighted by molar-refractivity contribution is 5.33. The highest BCUT2D eigenvalue weighted by atomic mass is 16.1. The number of aromatic nitrogens is 3. The summed E-state index contributed by atoms with van der Waals surface area (Å²) in [5.41, 5.74) is 3.98. The van der Waals surface area contributed by atoms with Crippen molar-refractivity contribution >= 4 is 0 Å². The Labute approximate surface area is 159 Å². The van der Waals surface area contributed by atoms with Gasteiger partial charge in [0.2, 0.25) is 0 Å². The molecule has 4 rings (SSSR count). The maximum atomic E-state index is 13.2. The zero-order chi connectivity index (χ0) is 18.8. The molecule has 27 heavy (non-hydrogen) atoms. The molecule has 1 atom stereocenters. The summed E-state index contributed by atoms with van der Waals surface area (Å²) in [6, 6.07) is 16.2. The number of nitrogens with zero attached hydrogens (tertiary/aromatic N) is 4. The Morgan fingerprint density at radius 3 is 2.59 bits per heavy atom. The Balaban J connectivity index is 1.69. The molecular weight excluding hydrogens is 336 g/mol. The van der Waals surface area contributed by atoms with Crippen LogP contribution in [0.1, 0.15) is 42.3 Å². The molecule has 140 valence electrons. The third-order valence-electron chi connectivity index (χ3n) is 5.68. The Bertz CT molecular complexity index is 959. The van der Waals surface area contributed by atoms with Crippen molar-refractivity contribution in [3.05, 3.63) is 82.0 Å². The summed E-state index contributed by atoms with van der Waals surface area (Å²) in [5, 5.41) is 0. The predicted octanol–water partition coefficient (Wildman–Crippen LogP) is 3.61.